The van der Waals surface area contributed by atoms with Crippen LogP contribution < -0.4 is 4.90 Å². The predicted octanol–water partition coefficient (Wildman–Crippen LogP) is 2.54. The number of hydrogen-bond donors (Lipinski definition) is 0. The zero-order chi connectivity index (χ0) is 14.7. The smallest absolute Gasteiger partial charge is 0.138 e. The van der Waals surface area contributed by atoms with Crippen LogP contribution >= 0.6 is 23.5 Å². The molecule has 0 N–H and O–H groups in total. The summed E-state index contributed by atoms with van der Waals surface area (Å²) in [5, 5.41) is 10.9. The van der Waals surface area contributed by atoms with Gasteiger partial charge >= 0.3 is 0 Å². The van der Waals surface area contributed by atoms with Gasteiger partial charge in [-0.3, -0.25) is 4.90 Å². The number of thiocyanates is 1. The molecule has 0 aliphatic carbocycles. The number of anilines is 1. The number of thioether (sulfide) groups is 2. The number of nitrogens with zero attached hydrogens (tertiary/aromatic N) is 4. The van der Waals surface area contributed by atoms with Gasteiger partial charge in [0.1, 0.15) is 5.40 Å². The molecule has 0 saturated carbocycles. The van der Waals surface area contributed by atoms with Crippen molar-refractivity contribution in [3.05, 3.63) is 24.7 Å². The molecule has 0 amide bonds. The van der Waals surface area contributed by atoms with Gasteiger partial charge in [-0.1, -0.05) is 0 Å². The second kappa shape index (κ2) is 6.93. The Balaban J connectivity index is 1.56. The number of likely N-dealkylation sites (N-methyl/N-ethyl adjacent to an activating group) is 1. The first kappa shape index (κ1) is 15.0. The van der Waals surface area contributed by atoms with E-state index in [2.05, 4.69) is 45.8 Å². The molecule has 21 heavy (non-hydrogen) atoms. The second-order valence-corrected chi connectivity index (χ2v) is 7.20. The highest BCUT2D eigenvalue weighted by atomic mass is 32.2. The largest absolute Gasteiger partial charge is 0.355 e. The summed E-state index contributed by atoms with van der Waals surface area (Å²) in [6.07, 6.45) is 0. The van der Waals surface area contributed by atoms with Crippen molar-refractivity contribution in [2.45, 2.75) is 9.79 Å². The van der Waals surface area contributed by atoms with E-state index in [0.29, 0.717) is 0 Å². The molecule has 0 spiro atoms. The summed E-state index contributed by atoms with van der Waals surface area (Å²) in [6.45, 7) is 7.95. The van der Waals surface area contributed by atoms with Gasteiger partial charge in [0.05, 0.1) is 18.1 Å². The van der Waals surface area contributed by atoms with Gasteiger partial charge in [-0.15, -0.1) is 11.8 Å². The molecule has 1 saturated heterocycles. The van der Waals surface area contributed by atoms with Crippen molar-refractivity contribution in [2.24, 2.45) is 0 Å². The lowest BCUT2D eigenvalue weighted by Crippen LogP contribution is -2.45. The van der Waals surface area contributed by atoms with Gasteiger partial charge in [0.2, 0.25) is 0 Å². The SMILES string of the molecule is CN1CCN(C[CH]N2CSc3cc(SC#N)ccc32)CC1. The summed E-state index contributed by atoms with van der Waals surface area (Å²) in [6, 6.07) is 6.29. The lowest BCUT2D eigenvalue weighted by Gasteiger charge is -2.33. The Morgan fingerprint density at radius 3 is 2.90 bits per heavy atom. The molecule has 0 atom stereocenters. The van der Waals surface area contributed by atoms with Crippen molar-refractivity contribution < 1.29 is 0 Å². The number of hydrogen-bond acceptors (Lipinski definition) is 6. The summed E-state index contributed by atoms with van der Waals surface area (Å²) >= 11 is 3.08. The topological polar surface area (TPSA) is 33.5 Å². The minimum atomic E-state index is 0.976. The molecule has 1 aromatic rings. The summed E-state index contributed by atoms with van der Waals surface area (Å²) < 4.78 is 0. The number of rotatable bonds is 4. The molecule has 2 heterocycles. The molecule has 2 aliphatic rings. The predicted molar refractivity (Wildman–Crippen MR) is 89.4 cm³/mol. The van der Waals surface area contributed by atoms with E-state index < -0.39 is 0 Å². The first-order valence-electron chi connectivity index (χ1n) is 7.10. The van der Waals surface area contributed by atoms with Gasteiger partial charge in [-0.05, 0) is 37.0 Å². The maximum absolute atomic E-state index is 8.75. The van der Waals surface area contributed by atoms with Gasteiger partial charge in [-0.25, -0.2) is 0 Å². The average Bonchev–Trinajstić information content (AvgIpc) is 2.89. The first-order valence-corrected chi connectivity index (χ1v) is 8.90. The van der Waals surface area contributed by atoms with Crippen LogP contribution in [0.5, 0.6) is 0 Å². The zero-order valence-electron chi connectivity index (χ0n) is 12.2. The Labute approximate surface area is 135 Å². The summed E-state index contributed by atoms with van der Waals surface area (Å²) in [5.41, 5.74) is 1.27. The molecule has 1 fully saturated rings. The minimum absolute atomic E-state index is 0.976. The van der Waals surface area contributed by atoms with E-state index in [0.717, 1.165) is 43.5 Å². The fourth-order valence-electron chi connectivity index (χ4n) is 2.57. The fraction of sp³-hybridized carbons (Fsp3) is 0.467. The van der Waals surface area contributed by atoms with Gasteiger partial charge in [-0.2, -0.15) is 5.26 Å². The fourth-order valence-corrected chi connectivity index (χ4v) is 4.13. The van der Waals surface area contributed by atoms with Gasteiger partial charge < -0.3 is 9.80 Å². The Morgan fingerprint density at radius 2 is 2.14 bits per heavy atom. The molecule has 0 aromatic heterocycles. The van der Waals surface area contributed by atoms with Crippen LogP contribution in [0.3, 0.4) is 0 Å². The third-order valence-electron chi connectivity index (χ3n) is 3.92. The lowest BCUT2D eigenvalue weighted by molar-refractivity contribution is 0.162. The Hall–Kier alpha value is -0.870. The second-order valence-electron chi connectivity index (χ2n) is 5.35. The van der Waals surface area contributed by atoms with Gasteiger partial charge in [0.25, 0.3) is 0 Å². The van der Waals surface area contributed by atoms with Crippen LogP contribution in [0.25, 0.3) is 0 Å². The highest BCUT2D eigenvalue weighted by Gasteiger charge is 2.22. The van der Waals surface area contributed by atoms with Crippen LogP contribution in [0.1, 0.15) is 0 Å². The van der Waals surface area contributed by atoms with Crippen molar-refractivity contribution in [3.8, 4) is 5.40 Å². The van der Waals surface area contributed by atoms with Crippen LogP contribution in [0.15, 0.2) is 28.0 Å². The molecular weight excluding hydrogens is 300 g/mol. The molecule has 6 heteroatoms. The standard InChI is InChI=1S/C15H19N4S2/c1-17-4-6-18(7-5-17)8-9-19-12-21-15-10-13(20-11-16)2-3-14(15)19/h2-3,9-10H,4-8,12H2,1H3. The van der Waals surface area contributed by atoms with E-state index in [1.807, 2.05) is 17.8 Å². The minimum Gasteiger partial charge on any atom is -0.355 e. The normalized spacial score (nSPS) is 19.5. The summed E-state index contributed by atoms with van der Waals surface area (Å²) in [7, 11) is 2.19. The maximum Gasteiger partial charge on any atom is 0.138 e. The van der Waals surface area contributed by atoms with E-state index in [4.69, 9.17) is 5.26 Å². The molecule has 4 nitrogen and oxygen atoms in total. The van der Waals surface area contributed by atoms with Crippen molar-refractivity contribution in [3.63, 3.8) is 0 Å². The van der Waals surface area contributed by atoms with E-state index in [-0.39, 0.29) is 0 Å². The van der Waals surface area contributed by atoms with E-state index in [1.165, 1.54) is 22.3 Å². The number of fused-ring (bicyclic) bond motifs is 1. The zero-order valence-corrected chi connectivity index (χ0v) is 13.8. The molecule has 1 radical (unpaired) electrons. The van der Waals surface area contributed by atoms with Crippen LogP contribution in [0, 0.1) is 17.2 Å². The van der Waals surface area contributed by atoms with Crippen molar-refractivity contribution in [2.75, 3.05) is 50.5 Å². The Bertz CT molecular complexity index is 535. The van der Waals surface area contributed by atoms with Crippen molar-refractivity contribution >= 4 is 29.2 Å². The summed E-state index contributed by atoms with van der Waals surface area (Å²) in [4.78, 5) is 9.53. The molecule has 0 unspecified atom stereocenters. The lowest BCUT2D eigenvalue weighted by atomic mass is 10.3. The van der Waals surface area contributed by atoms with Crippen LogP contribution in [-0.2, 0) is 0 Å². The van der Waals surface area contributed by atoms with Crippen LogP contribution in [0.4, 0.5) is 5.69 Å². The Morgan fingerprint density at radius 1 is 1.33 bits per heavy atom. The molecule has 1 aromatic carbocycles. The highest BCUT2D eigenvalue weighted by Crippen LogP contribution is 2.41. The third kappa shape index (κ3) is 3.67. The van der Waals surface area contributed by atoms with E-state index in [1.54, 1.807) is 0 Å². The van der Waals surface area contributed by atoms with E-state index in [9.17, 15) is 0 Å². The molecule has 111 valence electrons. The van der Waals surface area contributed by atoms with Crippen LogP contribution in [-0.4, -0.2) is 55.4 Å². The summed E-state index contributed by atoms with van der Waals surface area (Å²) in [5.74, 6) is 0.976. The highest BCUT2D eigenvalue weighted by molar-refractivity contribution is 8.03. The number of piperazine rings is 1. The molecule has 3 rings (SSSR count). The van der Waals surface area contributed by atoms with Gasteiger partial charge in [0.15, 0.2) is 0 Å². The number of benzene rings is 1. The van der Waals surface area contributed by atoms with Crippen molar-refractivity contribution in [1.29, 1.82) is 5.26 Å². The molecular formula is C15H19N4S2. The van der Waals surface area contributed by atoms with Crippen LogP contribution in [0.2, 0.25) is 0 Å². The average molecular weight is 319 g/mol. The third-order valence-corrected chi connectivity index (χ3v) is 5.55. The first-order chi connectivity index (χ1) is 10.3. The molecule has 0 bridgehead atoms. The van der Waals surface area contributed by atoms with Gasteiger partial charge in [0, 0.05) is 42.5 Å². The van der Waals surface area contributed by atoms with Crippen molar-refractivity contribution in [1.82, 2.24) is 9.80 Å². The van der Waals surface area contributed by atoms with E-state index >= 15 is 0 Å². The quantitative estimate of drug-likeness (QED) is 0.627. The Kier molecular flexibility index (Phi) is 4.96. The maximum atomic E-state index is 8.75. The number of nitriles is 1. The molecule has 2 aliphatic heterocycles. The monoisotopic (exact) mass is 319 g/mol.